The summed E-state index contributed by atoms with van der Waals surface area (Å²) in [6, 6.07) is 6.11. The van der Waals surface area contributed by atoms with Crippen LogP contribution in [0, 0.1) is 0 Å². The first-order valence-electron chi connectivity index (χ1n) is 56.9. The van der Waals surface area contributed by atoms with Gasteiger partial charge in [0.1, 0.15) is 33.5 Å². The molecular weight excluding hydrogens is 1350 g/mol. The first-order valence-corrected chi connectivity index (χ1v) is 34.4. The van der Waals surface area contributed by atoms with Gasteiger partial charge in [0.05, 0.1) is 61.7 Å². The number of benzene rings is 21. The van der Waals surface area contributed by atoms with Crippen molar-refractivity contribution in [1.82, 2.24) is 0 Å². The van der Waals surface area contributed by atoms with E-state index in [4.69, 9.17) is 54.4 Å². The topological polar surface area (TPSA) is 39.4 Å². The molecule has 516 valence electrons. The number of fused-ring (bicyclic) bond motifs is 18. The van der Waals surface area contributed by atoms with E-state index in [1.54, 1.807) is 115 Å². The second-order valence-electron chi connectivity index (χ2n) is 25.6. The molecule has 3 nitrogen and oxygen atoms in total. The van der Waals surface area contributed by atoms with E-state index in [-0.39, 0.29) is 98.0 Å². The Bertz CT molecular complexity index is 10500. The number of hydrogen-bond acceptors (Lipinski definition) is 3. The van der Waals surface area contributed by atoms with Crippen molar-refractivity contribution in [3.63, 3.8) is 0 Å². The Morgan fingerprint density at radius 1 is 0.171 bits per heavy atom. The van der Waals surface area contributed by atoms with Crippen LogP contribution in [0.5, 0.6) is 0 Å². The van der Waals surface area contributed by atoms with Gasteiger partial charge in [-0.2, -0.15) is 0 Å². The molecule has 0 fully saturated rings. The van der Waals surface area contributed by atoms with Gasteiger partial charge in [-0.15, -0.1) is 0 Å². The first-order chi connectivity index (χ1) is 73.8. The standard InChI is InChI=1S/3C36H22O/c1-2-13-24-23(11-1)12-9-19-25(24)34-26-14-3-5-16-28(26)35(29-17-6-4-15-27(29)34)31-20-10-22-33-36(31)30-18-7-8-21-32(30)37-33;1-2-12-25-23(10-1)11-9-18-27(25)36-30-16-5-3-14-28(30)35(29-15-4-6-17-31(29)36)24-20-21-34-32(22-24)26-13-7-8-19-33(26)37-34;1-2-11-24-22-25(21-20-23(24)10-1)34-26-12-3-5-14-28(26)35(29-15-6-4-13-27(29)34)31-17-9-19-33-36(31)30-16-7-8-18-32(30)37-33/h3*1-22H/i1D,2D,3D,4D,5D,6D,9D,11D,12D,13D,14D,15D,16D,17D,19D;1D,2D,3D,4D,5D,6D,9D,10D,11D,12D,14D,15D,16D,17D,18D;1D,2D,3D,4D,5D,6D,10D,11D,12D,13D,14D,15D,20D,21D,22D. The Labute approximate surface area is 702 Å². The van der Waals surface area contributed by atoms with Crippen molar-refractivity contribution in [2.45, 2.75) is 0 Å². The van der Waals surface area contributed by atoms with Crippen LogP contribution in [0.25, 0.3) is 230 Å². The lowest BCUT2D eigenvalue weighted by Gasteiger charge is -2.19. The molecular formula is C108H66O3. The predicted octanol–water partition coefficient (Wildman–Crippen LogP) is 31.1. The highest BCUT2D eigenvalue weighted by Gasteiger charge is 2.25. The highest BCUT2D eigenvalue weighted by Crippen LogP contribution is 2.52. The van der Waals surface area contributed by atoms with Crippen LogP contribution in [-0.4, -0.2) is 0 Å². The van der Waals surface area contributed by atoms with Gasteiger partial charge in [0.15, 0.2) is 0 Å². The fourth-order valence-corrected chi connectivity index (χ4v) is 15.2. The van der Waals surface area contributed by atoms with Crippen molar-refractivity contribution in [2.75, 3.05) is 0 Å². The average Bonchev–Trinajstić information content (AvgIpc) is 0.989. The maximum atomic E-state index is 9.36. The summed E-state index contributed by atoms with van der Waals surface area (Å²) in [7, 11) is 0. The zero-order valence-electron chi connectivity index (χ0n) is 102. The van der Waals surface area contributed by atoms with Gasteiger partial charge in [0.2, 0.25) is 0 Å². The number of para-hydroxylation sites is 3. The van der Waals surface area contributed by atoms with E-state index in [9.17, 15) is 20.6 Å². The summed E-state index contributed by atoms with van der Waals surface area (Å²) in [6.07, 6.45) is 0. The summed E-state index contributed by atoms with van der Waals surface area (Å²) < 4.78 is 417. The molecule has 0 unspecified atom stereocenters. The first kappa shape index (κ1) is 33.2. The number of hydrogen-bond donors (Lipinski definition) is 0. The van der Waals surface area contributed by atoms with Gasteiger partial charge < -0.3 is 13.3 Å². The third-order valence-electron chi connectivity index (χ3n) is 19.8. The van der Waals surface area contributed by atoms with Crippen LogP contribution in [0.2, 0.25) is 0 Å². The van der Waals surface area contributed by atoms with Gasteiger partial charge in [-0.3, -0.25) is 0 Å². The minimum absolute atomic E-state index is 0.0193. The molecule has 0 bridgehead atoms. The van der Waals surface area contributed by atoms with Crippen LogP contribution < -0.4 is 0 Å². The Balaban J connectivity index is 0.000000131. The van der Waals surface area contributed by atoms with Crippen LogP contribution in [0.15, 0.2) is 413 Å². The lowest BCUT2D eigenvalue weighted by Crippen LogP contribution is -1.92. The molecule has 21 aromatic carbocycles. The van der Waals surface area contributed by atoms with Gasteiger partial charge in [-0.25, -0.2) is 0 Å². The molecule has 3 heterocycles. The van der Waals surface area contributed by atoms with Gasteiger partial charge in [0, 0.05) is 32.3 Å². The molecule has 0 aliphatic rings. The molecule has 0 N–H and O–H groups in total. The fourth-order valence-electron chi connectivity index (χ4n) is 15.2. The molecule has 111 heavy (non-hydrogen) atoms. The van der Waals surface area contributed by atoms with E-state index in [1.807, 2.05) is 12.1 Å². The quantitative estimate of drug-likeness (QED) is 0.156. The lowest BCUT2D eigenvalue weighted by atomic mass is 9.84. The molecule has 0 aliphatic heterocycles. The zero-order chi connectivity index (χ0) is 112. The normalized spacial score (nSPS) is 17.5. The minimum Gasteiger partial charge on any atom is -0.456 e. The van der Waals surface area contributed by atoms with Crippen molar-refractivity contribution in [3.8, 4) is 66.8 Å². The van der Waals surface area contributed by atoms with Crippen LogP contribution in [0.3, 0.4) is 0 Å². The number of rotatable bonds is 6. The highest BCUT2D eigenvalue weighted by molar-refractivity contribution is 6.30. The Morgan fingerprint density at radius 3 is 0.910 bits per heavy atom. The Kier molecular flexibility index (Phi) is 7.82. The molecule has 0 spiro atoms. The minimum atomic E-state index is -0.755. The van der Waals surface area contributed by atoms with Gasteiger partial charge in [-0.1, -0.05) is 351 Å². The lowest BCUT2D eigenvalue weighted by molar-refractivity contribution is 0.668. The highest BCUT2D eigenvalue weighted by atomic mass is 16.3. The van der Waals surface area contributed by atoms with Crippen molar-refractivity contribution in [3.05, 3.63) is 399 Å². The largest absolute Gasteiger partial charge is 0.456 e. The fraction of sp³-hybridized carbons (Fsp3) is 0. The zero-order valence-corrected chi connectivity index (χ0v) is 56.8. The molecule has 24 rings (SSSR count). The Morgan fingerprint density at radius 2 is 0.477 bits per heavy atom. The van der Waals surface area contributed by atoms with Crippen molar-refractivity contribution in [1.29, 1.82) is 0 Å². The Hall–Kier alpha value is -14.6. The van der Waals surface area contributed by atoms with Gasteiger partial charge in [0.25, 0.3) is 0 Å². The van der Waals surface area contributed by atoms with Crippen LogP contribution in [0.4, 0.5) is 0 Å². The SMILES string of the molecule is [2H]c1c([2H])c([2H])c2c(-c3c4c([2H])c([2H])c([2H])c([2H])c4c(-c4ccc5oc6ccccc6c5c4)c4c([2H])c([2H])c([2H])c([2H])c34)c([2H])c([2H])c([2H])c2c1[2H].[2H]c1c([2H])c([2H])c2c(-c3c4c([2H])c([2H])c([2H])c([2H])c4c(-c4cccc5oc6ccccc6c45)c4c([2H])c([2H])c([2H])c([2H])c34)c([2H])c([2H])c([2H])c2c1[2H].[2H]c1c([2H])c([2H])c2c([2H])c(-c3c4c([2H])c([2H])c([2H])c([2H])c4c(-c4cccc5oc6ccccc6c45)c4c([2H])c([2H])c([2H])c([2H])c34)c([2H])c([2H])c2c1[2H]. The van der Waals surface area contributed by atoms with Crippen LogP contribution in [-0.2, 0) is 0 Å². The van der Waals surface area contributed by atoms with Crippen LogP contribution in [0.1, 0.15) is 61.7 Å². The van der Waals surface area contributed by atoms with Gasteiger partial charge in [-0.05, 0) is 212 Å². The molecule has 0 aliphatic carbocycles. The van der Waals surface area contributed by atoms with Gasteiger partial charge >= 0.3 is 0 Å². The van der Waals surface area contributed by atoms with Crippen molar-refractivity contribution >= 4 is 163 Å². The van der Waals surface area contributed by atoms with E-state index in [2.05, 4.69) is 0 Å². The molecule has 3 heteroatoms. The van der Waals surface area contributed by atoms with E-state index in [1.165, 1.54) is 0 Å². The van der Waals surface area contributed by atoms with E-state index in [0.717, 1.165) is 5.39 Å². The molecule has 0 amide bonds. The monoisotopic (exact) mass is 1460 g/mol. The average molecular weight is 1460 g/mol. The molecule has 0 atom stereocenters. The van der Waals surface area contributed by atoms with E-state index < -0.39 is 321 Å². The second kappa shape index (κ2) is 26.1. The molecule has 24 aromatic rings. The molecule has 0 radical (unpaired) electrons. The summed E-state index contributed by atoms with van der Waals surface area (Å²) in [4.78, 5) is 0. The summed E-state index contributed by atoms with van der Waals surface area (Å²) in [5.74, 6) is 0. The maximum absolute atomic E-state index is 9.36. The van der Waals surface area contributed by atoms with E-state index in [0.29, 0.717) is 77.1 Å². The summed E-state index contributed by atoms with van der Waals surface area (Å²) in [5.41, 5.74) is 1.46. The van der Waals surface area contributed by atoms with Crippen LogP contribution >= 0.6 is 0 Å². The van der Waals surface area contributed by atoms with Crippen molar-refractivity contribution in [2.24, 2.45) is 0 Å². The predicted molar refractivity (Wildman–Crippen MR) is 471 cm³/mol. The summed E-state index contributed by atoms with van der Waals surface area (Å²) in [5, 5.41) is -1.79. The number of furan rings is 3. The molecule has 0 saturated carbocycles. The molecule has 0 saturated heterocycles. The molecule has 3 aromatic heterocycles. The maximum Gasteiger partial charge on any atom is 0.136 e. The van der Waals surface area contributed by atoms with Crippen molar-refractivity contribution < 1.29 is 74.9 Å². The van der Waals surface area contributed by atoms with E-state index >= 15 is 0 Å². The third-order valence-corrected chi connectivity index (χ3v) is 19.8. The third kappa shape index (κ3) is 10.4. The summed E-state index contributed by atoms with van der Waals surface area (Å²) in [6.45, 7) is 0. The smallest absolute Gasteiger partial charge is 0.136 e. The second-order valence-corrected chi connectivity index (χ2v) is 25.6. The summed E-state index contributed by atoms with van der Waals surface area (Å²) >= 11 is 0.